The van der Waals surface area contributed by atoms with Gasteiger partial charge in [-0.25, -0.2) is 0 Å². The van der Waals surface area contributed by atoms with Gasteiger partial charge in [0.05, 0.1) is 0 Å². The van der Waals surface area contributed by atoms with Crippen molar-refractivity contribution in [2.24, 2.45) is 5.73 Å². The molecule has 0 aliphatic carbocycles. The Hall–Kier alpha value is -1.94. The zero-order valence-electron chi connectivity index (χ0n) is 12.0. The normalized spacial score (nSPS) is 11.4. The lowest BCUT2D eigenvalue weighted by molar-refractivity contribution is -0.0470. The third-order valence-corrected chi connectivity index (χ3v) is 3.30. The molecule has 0 amide bonds. The second kappa shape index (κ2) is 6.68. The van der Waals surface area contributed by atoms with E-state index < -0.39 is 12.5 Å². The molecular formula is C17H19F2NO. The Labute approximate surface area is 123 Å². The number of halogens is 2. The highest BCUT2D eigenvalue weighted by Gasteiger charge is 2.32. The molecule has 0 heterocycles. The first-order chi connectivity index (χ1) is 10.0. The van der Waals surface area contributed by atoms with Crippen LogP contribution in [-0.4, -0.2) is 13.2 Å². The van der Waals surface area contributed by atoms with E-state index in [-0.39, 0.29) is 5.56 Å². The average molecular weight is 291 g/mol. The van der Waals surface area contributed by atoms with Gasteiger partial charge in [-0.1, -0.05) is 48.5 Å². The Kier molecular flexibility index (Phi) is 4.91. The summed E-state index contributed by atoms with van der Waals surface area (Å²) in [5, 5.41) is 0. The van der Waals surface area contributed by atoms with Crippen molar-refractivity contribution in [2.75, 3.05) is 13.2 Å². The van der Waals surface area contributed by atoms with E-state index in [2.05, 4.69) is 0 Å². The van der Waals surface area contributed by atoms with Crippen molar-refractivity contribution in [1.82, 2.24) is 0 Å². The predicted molar refractivity (Wildman–Crippen MR) is 79.8 cm³/mol. The van der Waals surface area contributed by atoms with E-state index in [1.807, 2.05) is 25.1 Å². The topological polar surface area (TPSA) is 35.2 Å². The van der Waals surface area contributed by atoms with E-state index in [0.29, 0.717) is 18.7 Å². The third kappa shape index (κ3) is 3.79. The standard InChI is InChI=1S/C17H19F2NO/c1-13-6-5-7-14(10-11-20)16(13)21-12-17(18,19)15-8-3-2-4-9-15/h2-9H,10-12,20H2,1H3. The molecule has 0 saturated carbocycles. The summed E-state index contributed by atoms with van der Waals surface area (Å²) in [6, 6.07) is 13.3. The Bertz CT molecular complexity index is 585. The third-order valence-electron chi connectivity index (χ3n) is 3.30. The van der Waals surface area contributed by atoms with Gasteiger partial charge in [0.25, 0.3) is 0 Å². The molecule has 0 bridgehead atoms. The van der Waals surface area contributed by atoms with Crippen molar-refractivity contribution >= 4 is 0 Å². The van der Waals surface area contributed by atoms with Crippen LogP contribution in [0.1, 0.15) is 16.7 Å². The van der Waals surface area contributed by atoms with Crippen LogP contribution in [0.5, 0.6) is 5.75 Å². The lowest BCUT2D eigenvalue weighted by Gasteiger charge is -2.20. The van der Waals surface area contributed by atoms with Gasteiger partial charge >= 0.3 is 5.92 Å². The molecule has 0 aromatic heterocycles. The minimum atomic E-state index is -3.02. The van der Waals surface area contributed by atoms with Crippen molar-refractivity contribution in [2.45, 2.75) is 19.3 Å². The Morgan fingerprint density at radius 2 is 1.76 bits per heavy atom. The van der Waals surface area contributed by atoms with Crippen LogP contribution >= 0.6 is 0 Å². The summed E-state index contributed by atoms with van der Waals surface area (Å²) in [5.74, 6) is -2.51. The summed E-state index contributed by atoms with van der Waals surface area (Å²) in [5.41, 5.74) is 7.21. The molecular weight excluding hydrogens is 272 g/mol. The number of benzene rings is 2. The number of hydrogen-bond acceptors (Lipinski definition) is 2. The fourth-order valence-corrected chi connectivity index (χ4v) is 2.20. The van der Waals surface area contributed by atoms with Crippen molar-refractivity contribution in [3.05, 3.63) is 65.2 Å². The molecule has 0 aliphatic rings. The molecule has 2 rings (SSSR count). The largest absolute Gasteiger partial charge is 0.486 e. The highest BCUT2D eigenvalue weighted by Crippen LogP contribution is 2.31. The first-order valence-electron chi connectivity index (χ1n) is 6.89. The van der Waals surface area contributed by atoms with Gasteiger partial charge in [-0.05, 0) is 31.0 Å². The molecule has 0 aliphatic heterocycles. The van der Waals surface area contributed by atoms with Crippen molar-refractivity contribution in [1.29, 1.82) is 0 Å². The predicted octanol–water partition coefficient (Wildman–Crippen LogP) is 3.67. The number of para-hydroxylation sites is 1. The minimum Gasteiger partial charge on any atom is -0.486 e. The molecule has 2 aromatic rings. The fraction of sp³-hybridized carbons (Fsp3) is 0.294. The zero-order chi connectivity index (χ0) is 15.3. The van der Waals surface area contributed by atoms with Gasteiger partial charge in [0, 0.05) is 5.56 Å². The summed E-state index contributed by atoms with van der Waals surface area (Å²) in [6.45, 7) is 1.62. The maximum Gasteiger partial charge on any atom is 0.306 e. The molecule has 112 valence electrons. The summed E-state index contributed by atoms with van der Waals surface area (Å²) < 4.78 is 33.7. The molecule has 0 atom stereocenters. The SMILES string of the molecule is Cc1cccc(CCN)c1OCC(F)(F)c1ccccc1. The molecule has 0 spiro atoms. The second-order valence-corrected chi connectivity index (χ2v) is 4.96. The van der Waals surface area contributed by atoms with Crippen LogP contribution in [-0.2, 0) is 12.3 Å². The van der Waals surface area contributed by atoms with Crippen LogP contribution in [0.4, 0.5) is 8.78 Å². The monoisotopic (exact) mass is 291 g/mol. The second-order valence-electron chi connectivity index (χ2n) is 4.96. The highest BCUT2D eigenvalue weighted by molar-refractivity contribution is 5.41. The summed E-state index contributed by atoms with van der Waals surface area (Å²) >= 11 is 0. The van der Waals surface area contributed by atoms with Crippen LogP contribution in [0.15, 0.2) is 48.5 Å². The van der Waals surface area contributed by atoms with E-state index in [0.717, 1.165) is 11.1 Å². The summed E-state index contributed by atoms with van der Waals surface area (Å²) in [6.07, 6.45) is 0.605. The maximum absolute atomic E-state index is 14.1. The lowest BCUT2D eigenvalue weighted by atomic mass is 10.1. The molecule has 2 aromatic carbocycles. The van der Waals surface area contributed by atoms with Crippen LogP contribution in [0.3, 0.4) is 0 Å². The molecule has 0 unspecified atom stereocenters. The van der Waals surface area contributed by atoms with E-state index in [9.17, 15) is 8.78 Å². The van der Waals surface area contributed by atoms with Gasteiger partial charge in [0.1, 0.15) is 5.75 Å². The van der Waals surface area contributed by atoms with Gasteiger partial charge in [0.15, 0.2) is 6.61 Å². The first-order valence-corrected chi connectivity index (χ1v) is 6.89. The van der Waals surface area contributed by atoms with E-state index in [4.69, 9.17) is 10.5 Å². The Balaban J connectivity index is 2.16. The number of ether oxygens (including phenoxy) is 1. The van der Waals surface area contributed by atoms with Gasteiger partial charge in [0.2, 0.25) is 0 Å². The Morgan fingerprint density at radius 1 is 1.05 bits per heavy atom. The molecule has 0 radical (unpaired) electrons. The van der Waals surface area contributed by atoms with Gasteiger partial charge < -0.3 is 10.5 Å². The van der Waals surface area contributed by atoms with E-state index in [1.165, 1.54) is 12.1 Å². The van der Waals surface area contributed by atoms with Gasteiger partial charge in [-0.15, -0.1) is 0 Å². The van der Waals surface area contributed by atoms with Crippen molar-refractivity contribution < 1.29 is 13.5 Å². The number of rotatable bonds is 6. The Morgan fingerprint density at radius 3 is 2.43 bits per heavy atom. The lowest BCUT2D eigenvalue weighted by Crippen LogP contribution is -2.23. The van der Waals surface area contributed by atoms with Crippen LogP contribution < -0.4 is 10.5 Å². The minimum absolute atomic E-state index is 0.0426. The maximum atomic E-state index is 14.1. The molecule has 21 heavy (non-hydrogen) atoms. The van der Waals surface area contributed by atoms with Crippen molar-refractivity contribution in [3.63, 3.8) is 0 Å². The number of nitrogens with two attached hydrogens (primary N) is 1. The van der Waals surface area contributed by atoms with Crippen molar-refractivity contribution in [3.8, 4) is 5.75 Å². The highest BCUT2D eigenvalue weighted by atomic mass is 19.3. The van der Waals surface area contributed by atoms with Gasteiger partial charge in [-0.2, -0.15) is 8.78 Å². The molecule has 0 saturated heterocycles. The smallest absolute Gasteiger partial charge is 0.306 e. The number of aryl methyl sites for hydroxylation is 1. The number of alkyl halides is 2. The average Bonchev–Trinajstić information content (AvgIpc) is 2.48. The molecule has 2 nitrogen and oxygen atoms in total. The van der Waals surface area contributed by atoms with Crippen LogP contribution in [0.25, 0.3) is 0 Å². The van der Waals surface area contributed by atoms with Crippen LogP contribution in [0.2, 0.25) is 0 Å². The molecule has 2 N–H and O–H groups in total. The summed E-state index contributed by atoms with van der Waals surface area (Å²) in [7, 11) is 0. The van der Waals surface area contributed by atoms with Gasteiger partial charge in [-0.3, -0.25) is 0 Å². The first kappa shape index (κ1) is 15.4. The molecule has 4 heteroatoms. The van der Waals surface area contributed by atoms with Crippen LogP contribution in [0, 0.1) is 6.92 Å². The summed E-state index contributed by atoms with van der Waals surface area (Å²) in [4.78, 5) is 0. The molecule has 0 fully saturated rings. The van der Waals surface area contributed by atoms with E-state index >= 15 is 0 Å². The quantitative estimate of drug-likeness (QED) is 0.881. The fourth-order valence-electron chi connectivity index (χ4n) is 2.20. The number of hydrogen-bond donors (Lipinski definition) is 1. The van der Waals surface area contributed by atoms with E-state index in [1.54, 1.807) is 18.2 Å². The zero-order valence-corrected chi connectivity index (χ0v) is 12.0.